The Hall–Kier alpha value is -0.120. The van der Waals surface area contributed by atoms with Crippen molar-refractivity contribution in [3.05, 3.63) is 0 Å². The van der Waals surface area contributed by atoms with Gasteiger partial charge in [-0.15, -0.1) is 0 Å². The lowest BCUT2D eigenvalue weighted by atomic mass is 9.83. The summed E-state index contributed by atoms with van der Waals surface area (Å²) < 4.78 is 0. The number of nitrogens with zero attached hydrogens (tertiary/aromatic N) is 1. The molecule has 1 saturated carbocycles. The molecule has 0 aromatic heterocycles. The molecule has 2 rings (SSSR count). The highest BCUT2D eigenvalue weighted by Crippen LogP contribution is 2.30. The number of nitrogens with one attached hydrogen (secondary N) is 1. The van der Waals surface area contributed by atoms with E-state index in [1.807, 2.05) is 0 Å². The normalized spacial score (nSPS) is 33.0. The van der Waals surface area contributed by atoms with Gasteiger partial charge in [0.1, 0.15) is 0 Å². The van der Waals surface area contributed by atoms with Gasteiger partial charge < -0.3 is 15.3 Å². The van der Waals surface area contributed by atoms with E-state index in [-0.39, 0.29) is 12.1 Å². The highest BCUT2D eigenvalue weighted by molar-refractivity contribution is 4.90. The number of piperidine rings is 1. The van der Waals surface area contributed by atoms with Crippen molar-refractivity contribution in [2.75, 3.05) is 19.7 Å². The predicted octanol–water partition coefficient (Wildman–Crippen LogP) is 2.78. The lowest BCUT2D eigenvalue weighted by molar-refractivity contribution is 0.0688. The molecule has 2 aliphatic rings. The molecule has 3 unspecified atom stereocenters. The van der Waals surface area contributed by atoms with E-state index in [9.17, 15) is 5.11 Å². The SMILES string of the molecule is CCC(C)(CO)NC1CCN(C2CCCCC2C)CC1. The first kappa shape index (κ1) is 16.3. The van der Waals surface area contributed by atoms with E-state index in [0.29, 0.717) is 6.04 Å². The summed E-state index contributed by atoms with van der Waals surface area (Å²) in [6.45, 7) is 9.44. The van der Waals surface area contributed by atoms with Crippen molar-refractivity contribution in [2.45, 2.75) is 83.3 Å². The maximum Gasteiger partial charge on any atom is 0.0610 e. The van der Waals surface area contributed by atoms with Gasteiger partial charge in [0, 0.05) is 17.6 Å². The molecular formula is C17H34N2O. The van der Waals surface area contributed by atoms with E-state index < -0.39 is 0 Å². The fourth-order valence-corrected chi connectivity index (χ4v) is 3.97. The third-order valence-electron chi connectivity index (χ3n) is 5.75. The zero-order chi connectivity index (χ0) is 14.6. The zero-order valence-corrected chi connectivity index (χ0v) is 13.7. The van der Waals surface area contributed by atoms with Gasteiger partial charge in [-0.25, -0.2) is 0 Å². The van der Waals surface area contributed by atoms with Crippen molar-refractivity contribution in [1.29, 1.82) is 0 Å². The maximum absolute atomic E-state index is 9.53. The minimum Gasteiger partial charge on any atom is -0.394 e. The molecular weight excluding hydrogens is 248 g/mol. The van der Waals surface area contributed by atoms with Gasteiger partial charge in [0.2, 0.25) is 0 Å². The Labute approximate surface area is 125 Å². The van der Waals surface area contributed by atoms with Gasteiger partial charge in [-0.05, 0) is 58.0 Å². The van der Waals surface area contributed by atoms with Gasteiger partial charge in [0.15, 0.2) is 0 Å². The third kappa shape index (κ3) is 3.96. The minimum absolute atomic E-state index is 0.0923. The van der Waals surface area contributed by atoms with Crippen LogP contribution in [0.15, 0.2) is 0 Å². The first-order chi connectivity index (χ1) is 9.58. The van der Waals surface area contributed by atoms with Gasteiger partial charge in [-0.2, -0.15) is 0 Å². The van der Waals surface area contributed by atoms with Crippen molar-refractivity contribution in [3.8, 4) is 0 Å². The molecule has 0 amide bonds. The average Bonchev–Trinajstić information content (AvgIpc) is 2.49. The molecule has 118 valence electrons. The average molecular weight is 282 g/mol. The molecule has 0 aromatic carbocycles. The van der Waals surface area contributed by atoms with Crippen LogP contribution in [0.3, 0.4) is 0 Å². The molecule has 3 atom stereocenters. The topological polar surface area (TPSA) is 35.5 Å². The van der Waals surface area contributed by atoms with Crippen LogP contribution >= 0.6 is 0 Å². The molecule has 1 aliphatic heterocycles. The zero-order valence-electron chi connectivity index (χ0n) is 13.7. The first-order valence-corrected chi connectivity index (χ1v) is 8.70. The van der Waals surface area contributed by atoms with E-state index in [1.165, 1.54) is 51.6 Å². The molecule has 0 radical (unpaired) electrons. The van der Waals surface area contributed by atoms with Crippen molar-refractivity contribution in [1.82, 2.24) is 10.2 Å². The second kappa shape index (κ2) is 7.24. The fraction of sp³-hybridized carbons (Fsp3) is 1.00. The predicted molar refractivity (Wildman–Crippen MR) is 84.9 cm³/mol. The number of likely N-dealkylation sites (tertiary alicyclic amines) is 1. The quantitative estimate of drug-likeness (QED) is 0.814. The molecule has 2 fully saturated rings. The number of rotatable bonds is 5. The summed E-state index contributed by atoms with van der Waals surface area (Å²) in [5.41, 5.74) is -0.0923. The molecule has 3 nitrogen and oxygen atoms in total. The summed E-state index contributed by atoms with van der Waals surface area (Å²) >= 11 is 0. The van der Waals surface area contributed by atoms with Crippen LogP contribution in [0.4, 0.5) is 0 Å². The van der Waals surface area contributed by atoms with E-state index in [2.05, 4.69) is 31.0 Å². The van der Waals surface area contributed by atoms with Crippen molar-refractivity contribution < 1.29 is 5.11 Å². The Morgan fingerprint density at radius 2 is 1.80 bits per heavy atom. The molecule has 1 saturated heterocycles. The molecule has 0 spiro atoms. The smallest absolute Gasteiger partial charge is 0.0610 e. The Balaban J connectivity index is 1.80. The Morgan fingerprint density at radius 3 is 2.35 bits per heavy atom. The van der Waals surface area contributed by atoms with E-state index in [1.54, 1.807) is 0 Å². The fourth-order valence-electron chi connectivity index (χ4n) is 3.97. The summed E-state index contributed by atoms with van der Waals surface area (Å²) in [7, 11) is 0. The van der Waals surface area contributed by atoms with Gasteiger partial charge in [0.25, 0.3) is 0 Å². The monoisotopic (exact) mass is 282 g/mol. The lowest BCUT2D eigenvalue weighted by Gasteiger charge is -2.44. The Morgan fingerprint density at radius 1 is 1.15 bits per heavy atom. The molecule has 1 heterocycles. The Kier molecular flexibility index (Phi) is 5.88. The van der Waals surface area contributed by atoms with Crippen molar-refractivity contribution in [3.63, 3.8) is 0 Å². The number of hydrogen-bond acceptors (Lipinski definition) is 3. The van der Waals surface area contributed by atoms with Crippen LogP contribution in [0.5, 0.6) is 0 Å². The number of aliphatic hydroxyl groups excluding tert-OH is 1. The molecule has 0 aromatic rings. The number of hydrogen-bond donors (Lipinski definition) is 2. The molecule has 0 bridgehead atoms. The molecule has 20 heavy (non-hydrogen) atoms. The van der Waals surface area contributed by atoms with Crippen LogP contribution in [-0.4, -0.2) is 47.3 Å². The second-order valence-electron chi connectivity index (χ2n) is 7.36. The van der Waals surface area contributed by atoms with Gasteiger partial charge in [0.05, 0.1) is 6.61 Å². The summed E-state index contributed by atoms with van der Waals surface area (Å²) in [5.74, 6) is 0.881. The summed E-state index contributed by atoms with van der Waals surface area (Å²) in [6, 6.07) is 1.42. The van der Waals surface area contributed by atoms with Crippen LogP contribution in [0, 0.1) is 5.92 Å². The maximum atomic E-state index is 9.53. The first-order valence-electron chi connectivity index (χ1n) is 8.70. The van der Waals surface area contributed by atoms with E-state index in [0.717, 1.165) is 18.4 Å². The highest BCUT2D eigenvalue weighted by Gasteiger charge is 2.32. The minimum atomic E-state index is -0.0923. The largest absolute Gasteiger partial charge is 0.394 e. The van der Waals surface area contributed by atoms with Crippen LogP contribution < -0.4 is 5.32 Å². The van der Waals surface area contributed by atoms with Crippen molar-refractivity contribution >= 4 is 0 Å². The summed E-state index contributed by atoms with van der Waals surface area (Å²) in [6.07, 6.45) is 9.14. The second-order valence-corrected chi connectivity index (χ2v) is 7.36. The van der Waals surface area contributed by atoms with Crippen LogP contribution in [0.25, 0.3) is 0 Å². The van der Waals surface area contributed by atoms with Gasteiger partial charge in [-0.1, -0.05) is 26.7 Å². The van der Waals surface area contributed by atoms with Crippen molar-refractivity contribution in [2.24, 2.45) is 5.92 Å². The molecule has 2 N–H and O–H groups in total. The van der Waals surface area contributed by atoms with Crippen LogP contribution in [-0.2, 0) is 0 Å². The highest BCUT2D eigenvalue weighted by atomic mass is 16.3. The molecule has 3 heteroatoms. The van der Waals surface area contributed by atoms with Gasteiger partial charge >= 0.3 is 0 Å². The number of aliphatic hydroxyl groups is 1. The summed E-state index contributed by atoms with van der Waals surface area (Å²) in [4.78, 5) is 2.74. The lowest BCUT2D eigenvalue weighted by Crippen LogP contribution is -2.55. The molecule has 1 aliphatic carbocycles. The van der Waals surface area contributed by atoms with E-state index in [4.69, 9.17) is 0 Å². The third-order valence-corrected chi connectivity index (χ3v) is 5.75. The Bertz CT molecular complexity index is 283. The van der Waals surface area contributed by atoms with Crippen LogP contribution in [0.2, 0.25) is 0 Å². The standard InChI is InChI=1S/C17H34N2O/c1-4-17(3,13-20)18-15-9-11-19(12-10-15)16-8-6-5-7-14(16)2/h14-16,18,20H,4-13H2,1-3H3. The van der Waals surface area contributed by atoms with E-state index >= 15 is 0 Å². The van der Waals surface area contributed by atoms with Gasteiger partial charge in [-0.3, -0.25) is 0 Å². The van der Waals surface area contributed by atoms with Crippen LogP contribution in [0.1, 0.15) is 65.7 Å². The summed E-state index contributed by atoms with van der Waals surface area (Å²) in [5, 5.41) is 13.2.